The number of imide groups is 1. The normalized spacial score (nSPS) is 16.1. The molecule has 4 rings (SSSR count). The average Bonchev–Trinajstić information content (AvgIpc) is 3.03. The molecule has 158 valence electrons. The van der Waals surface area contributed by atoms with Gasteiger partial charge in [-0.2, -0.15) is 0 Å². The summed E-state index contributed by atoms with van der Waals surface area (Å²) >= 11 is 6.94. The number of hydrogen-bond acceptors (Lipinski definition) is 4. The molecular weight excluding hydrogens is 437 g/mol. The molecule has 0 aromatic heterocycles. The van der Waals surface area contributed by atoms with Crippen molar-refractivity contribution >= 4 is 34.5 Å². The molecule has 1 aliphatic heterocycles. The monoisotopic (exact) mass is 455 g/mol. The summed E-state index contributed by atoms with van der Waals surface area (Å²) in [5.74, 6) is 0.117. The number of amides is 2. The Morgan fingerprint density at radius 1 is 0.935 bits per heavy atom. The number of halogens is 2. The smallest absolute Gasteiger partial charge is 0.289 e. The van der Waals surface area contributed by atoms with Crippen molar-refractivity contribution in [2.24, 2.45) is 0 Å². The standard InChI is InChI=1S/C24H19ClFNO3S/c25-19-9-5-17(6-10-19)14-27-23(28)22(31-24(27)29)13-16-7-11-20(12-8-16)30-15-18-3-1-2-4-21(18)26/h1-12,22H,13-15H2/t22-/m1/s1. The molecule has 1 saturated heterocycles. The maximum atomic E-state index is 13.7. The molecule has 3 aromatic carbocycles. The van der Waals surface area contributed by atoms with E-state index in [0.29, 0.717) is 22.8 Å². The Bertz CT molecular complexity index is 1090. The number of nitrogens with zero attached hydrogens (tertiary/aromatic N) is 1. The first kappa shape index (κ1) is 21.4. The van der Waals surface area contributed by atoms with E-state index in [1.165, 1.54) is 11.0 Å². The van der Waals surface area contributed by atoms with Crippen LogP contribution < -0.4 is 4.74 Å². The van der Waals surface area contributed by atoms with Crippen molar-refractivity contribution in [3.8, 4) is 5.75 Å². The molecule has 0 radical (unpaired) electrons. The second-order valence-corrected chi connectivity index (χ2v) is 8.74. The first-order valence-corrected chi connectivity index (χ1v) is 11.0. The minimum absolute atomic E-state index is 0.136. The molecule has 0 bridgehead atoms. The molecule has 1 atom stereocenters. The number of carbonyl (C=O) groups excluding carboxylic acids is 2. The lowest BCUT2D eigenvalue weighted by atomic mass is 10.1. The summed E-state index contributed by atoms with van der Waals surface area (Å²) in [4.78, 5) is 26.4. The van der Waals surface area contributed by atoms with Gasteiger partial charge in [-0.05, 0) is 47.9 Å². The summed E-state index contributed by atoms with van der Waals surface area (Å²) in [5.41, 5.74) is 2.26. The van der Waals surface area contributed by atoms with Gasteiger partial charge < -0.3 is 4.74 Å². The first-order chi connectivity index (χ1) is 15.0. The van der Waals surface area contributed by atoms with Crippen LogP contribution in [-0.4, -0.2) is 21.3 Å². The highest BCUT2D eigenvalue weighted by Gasteiger charge is 2.39. The average molecular weight is 456 g/mol. The SMILES string of the molecule is O=C1S[C@H](Cc2ccc(OCc3ccccc3F)cc2)C(=O)N1Cc1ccc(Cl)cc1. The minimum atomic E-state index is -0.454. The number of thioether (sulfide) groups is 1. The number of rotatable bonds is 7. The van der Waals surface area contributed by atoms with Gasteiger partial charge in [-0.3, -0.25) is 14.5 Å². The van der Waals surface area contributed by atoms with Crippen LogP contribution in [0.25, 0.3) is 0 Å². The molecule has 7 heteroatoms. The summed E-state index contributed by atoms with van der Waals surface area (Å²) < 4.78 is 19.3. The van der Waals surface area contributed by atoms with Crippen molar-refractivity contribution in [3.05, 3.63) is 100 Å². The second-order valence-electron chi connectivity index (χ2n) is 7.15. The fraction of sp³-hybridized carbons (Fsp3) is 0.167. The van der Waals surface area contributed by atoms with Crippen molar-refractivity contribution in [1.29, 1.82) is 0 Å². The largest absolute Gasteiger partial charge is 0.489 e. The van der Waals surface area contributed by atoms with Gasteiger partial charge in [0, 0.05) is 10.6 Å². The van der Waals surface area contributed by atoms with Gasteiger partial charge in [0.2, 0.25) is 5.91 Å². The van der Waals surface area contributed by atoms with Crippen molar-refractivity contribution in [2.45, 2.75) is 24.8 Å². The van der Waals surface area contributed by atoms with Crippen molar-refractivity contribution < 1.29 is 18.7 Å². The zero-order valence-electron chi connectivity index (χ0n) is 16.5. The molecule has 2 amide bonds. The molecule has 31 heavy (non-hydrogen) atoms. The Morgan fingerprint density at radius 3 is 2.32 bits per heavy atom. The van der Waals surface area contributed by atoms with Crippen molar-refractivity contribution in [3.63, 3.8) is 0 Å². The van der Waals surface area contributed by atoms with Gasteiger partial charge >= 0.3 is 0 Å². The predicted octanol–water partition coefficient (Wildman–Crippen LogP) is 5.86. The van der Waals surface area contributed by atoms with Gasteiger partial charge in [-0.25, -0.2) is 4.39 Å². The molecule has 0 saturated carbocycles. The maximum absolute atomic E-state index is 13.7. The van der Waals surface area contributed by atoms with E-state index >= 15 is 0 Å². The lowest BCUT2D eigenvalue weighted by Gasteiger charge is -2.14. The van der Waals surface area contributed by atoms with Crippen LogP contribution in [0.1, 0.15) is 16.7 Å². The van der Waals surface area contributed by atoms with Crippen LogP contribution >= 0.6 is 23.4 Å². The van der Waals surface area contributed by atoms with Crippen LogP contribution in [0.5, 0.6) is 5.75 Å². The number of benzene rings is 3. The summed E-state index contributed by atoms with van der Waals surface area (Å²) in [6.45, 7) is 0.373. The van der Waals surface area contributed by atoms with E-state index in [1.807, 2.05) is 12.1 Å². The Balaban J connectivity index is 1.34. The number of ether oxygens (including phenoxy) is 1. The van der Waals surface area contributed by atoms with E-state index in [-0.39, 0.29) is 30.1 Å². The van der Waals surface area contributed by atoms with Crippen LogP contribution in [0, 0.1) is 5.82 Å². The Hall–Kier alpha value is -2.83. The van der Waals surface area contributed by atoms with Gasteiger partial charge in [0.1, 0.15) is 18.2 Å². The lowest BCUT2D eigenvalue weighted by Crippen LogP contribution is -2.31. The Labute approximate surface area is 189 Å². The van der Waals surface area contributed by atoms with E-state index in [2.05, 4.69) is 0 Å². The molecule has 0 N–H and O–H groups in total. The van der Waals surface area contributed by atoms with E-state index in [0.717, 1.165) is 22.9 Å². The maximum Gasteiger partial charge on any atom is 0.289 e. The molecule has 1 aliphatic rings. The summed E-state index contributed by atoms with van der Waals surface area (Å²) in [6, 6.07) is 20.9. The van der Waals surface area contributed by atoms with Gasteiger partial charge in [0.25, 0.3) is 5.24 Å². The fourth-order valence-corrected chi connectivity index (χ4v) is 4.41. The van der Waals surface area contributed by atoms with Crippen LogP contribution in [0.15, 0.2) is 72.8 Å². The van der Waals surface area contributed by atoms with Crippen LogP contribution in [0.3, 0.4) is 0 Å². The van der Waals surface area contributed by atoms with Crippen LogP contribution in [0.2, 0.25) is 5.02 Å². The van der Waals surface area contributed by atoms with E-state index < -0.39 is 5.25 Å². The van der Waals surface area contributed by atoms with Gasteiger partial charge in [0.15, 0.2) is 0 Å². The van der Waals surface area contributed by atoms with Gasteiger partial charge in [-0.1, -0.05) is 65.8 Å². The van der Waals surface area contributed by atoms with E-state index in [9.17, 15) is 14.0 Å². The molecule has 1 heterocycles. The molecule has 1 fully saturated rings. The highest BCUT2D eigenvalue weighted by atomic mass is 35.5. The second kappa shape index (κ2) is 9.54. The molecule has 0 aliphatic carbocycles. The van der Waals surface area contributed by atoms with Crippen molar-refractivity contribution in [2.75, 3.05) is 0 Å². The minimum Gasteiger partial charge on any atom is -0.489 e. The van der Waals surface area contributed by atoms with Crippen LogP contribution in [-0.2, 0) is 24.4 Å². The third-order valence-corrected chi connectivity index (χ3v) is 6.28. The molecule has 0 spiro atoms. The van der Waals surface area contributed by atoms with Crippen molar-refractivity contribution in [1.82, 2.24) is 4.90 Å². The quantitative estimate of drug-likeness (QED) is 0.447. The highest BCUT2D eigenvalue weighted by Crippen LogP contribution is 2.31. The zero-order chi connectivity index (χ0) is 21.8. The zero-order valence-corrected chi connectivity index (χ0v) is 18.0. The molecular formula is C24H19ClFNO3S. The third kappa shape index (κ3) is 5.27. The Morgan fingerprint density at radius 2 is 1.61 bits per heavy atom. The molecule has 0 unspecified atom stereocenters. The molecule has 4 nitrogen and oxygen atoms in total. The van der Waals surface area contributed by atoms with E-state index in [4.69, 9.17) is 16.3 Å². The predicted molar refractivity (Wildman–Crippen MR) is 120 cm³/mol. The summed E-state index contributed by atoms with van der Waals surface area (Å²) in [6.07, 6.45) is 0.444. The third-order valence-electron chi connectivity index (χ3n) is 4.96. The lowest BCUT2D eigenvalue weighted by molar-refractivity contribution is -0.127. The summed E-state index contributed by atoms with van der Waals surface area (Å²) in [7, 11) is 0. The molecule has 3 aromatic rings. The fourth-order valence-electron chi connectivity index (χ4n) is 3.26. The van der Waals surface area contributed by atoms with Gasteiger partial charge in [0.05, 0.1) is 11.8 Å². The van der Waals surface area contributed by atoms with Crippen LogP contribution in [0.4, 0.5) is 9.18 Å². The Kier molecular flexibility index (Phi) is 6.59. The summed E-state index contributed by atoms with van der Waals surface area (Å²) in [5, 5.41) is -0.0869. The number of hydrogen-bond donors (Lipinski definition) is 0. The highest BCUT2D eigenvalue weighted by molar-refractivity contribution is 8.15. The van der Waals surface area contributed by atoms with Gasteiger partial charge in [-0.15, -0.1) is 0 Å². The first-order valence-electron chi connectivity index (χ1n) is 9.71. The number of carbonyl (C=O) groups is 2. The topological polar surface area (TPSA) is 46.6 Å². The van der Waals surface area contributed by atoms with E-state index in [1.54, 1.807) is 54.6 Å².